The van der Waals surface area contributed by atoms with Crippen LogP contribution < -0.4 is 0 Å². The summed E-state index contributed by atoms with van der Waals surface area (Å²) >= 11 is 0. The monoisotopic (exact) mass is 235 g/mol. The molecule has 0 unspecified atom stereocenters. The molecule has 0 bridgehead atoms. The zero-order valence-electron chi connectivity index (χ0n) is 11.2. The Balaban J connectivity index is 3.33. The van der Waals surface area contributed by atoms with Gasteiger partial charge >= 0.3 is 0 Å². The Morgan fingerprint density at radius 3 is 2.29 bits per heavy atom. The largest absolute Gasteiger partial charge is 0.507 e. The molecule has 0 amide bonds. The van der Waals surface area contributed by atoms with Crippen molar-refractivity contribution in [3.8, 4) is 5.75 Å². The van der Waals surface area contributed by atoms with Crippen molar-refractivity contribution < 1.29 is 9.90 Å². The summed E-state index contributed by atoms with van der Waals surface area (Å²) in [4.78, 5) is 12.9. The predicted molar refractivity (Wildman–Crippen MR) is 69.6 cm³/mol. The van der Waals surface area contributed by atoms with Crippen molar-refractivity contribution in [3.63, 3.8) is 0 Å². The molecule has 0 saturated heterocycles. The summed E-state index contributed by atoms with van der Waals surface area (Å²) in [7, 11) is 3.87. The van der Waals surface area contributed by atoms with Crippen molar-refractivity contribution in [2.75, 3.05) is 14.1 Å². The Morgan fingerprint density at radius 1 is 1.29 bits per heavy atom. The number of phenolic OH excluding ortho intramolecular Hbond substituents is 1. The van der Waals surface area contributed by atoms with E-state index in [1.54, 1.807) is 6.07 Å². The van der Waals surface area contributed by atoms with Crippen LogP contribution in [0.1, 0.15) is 42.3 Å². The minimum atomic E-state index is -0.0352. The lowest BCUT2D eigenvalue weighted by atomic mass is 9.84. The van der Waals surface area contributed by atoms with Gasteiger partial charge in [-0.15, -0.1) is 0 Å². The molecule has 0 atom stereocenters. The number of carbonyl (C=O) groups excluding carboxylic acids is 1. The number of nitrogens with zero attached hydrogens (tertiary/aromatic N) is 1. The first-order valence-corrected chi connectivity index (χ1v) is 5.72. The number of aldehydes is 1. The first-order valence-electron chi connectivity index (χ1n) is 5.72. The van der Waals surface area contributed by atoms with Crippen LogP contribution in [0.4, 0.5) is 0 Å². The van der Waals surface area contributed by atoms with Crippen LogP contribution in [0.3, 0.4) is 0 Å². The number of phenols is 1. The third-order valence-corrected chi connectivity index (χ3v) is 2.70. The molecule has 3 nitrogen and oxygen atoms in total. The van der Waals surface area contributed by atoms with E-state index in [-0.39, 0.29) is 11.2 Å². The molecule has 94 valence electrons. The van der Waals surface area contributed by atoms with Gasteiger partial charge in [-0.25, -0.2) is 0 Å². The average molecular weight is 235 g/mol. The van der Waals surface area contributed by atoms with Crippen LogP contribution in [0.2, 0.25) is 0 Å². The summed E-state index contributed by atoms with van der Waals surface area (Å²) in [5.41, 5.74) is 2.19. The lowest BCUT2D eigenvalue weighted by Gasteiger charge is -2.22. The van der Waals surface area contributed by atoms with E-state index in [1.807, 2.05) is 25.1 Å². The highest BCUT2D eigenvalue weighted by molar-refractivity contribution is 5.80. The molecule has 0 heterocycles. The summed E-state index contributed by atoms with van der Waals surface area (Å²) in [6.07, 6.45) is 0.712. The van der Waals surface area contributed by atoms with Crippen molar-refractivity contribution in [2.45, 2.75) is 32.7 Å². The zero-order chi connectivity index (χ0) is 13.2. The molecule has 0 fully saturated rings. The van der Waals surface area contributed by atoms with E-state index in [0.717, 1.165) is 11.1 Å². The van der Waals surface area contributed by atoms with Gasteiger partial charge in [-0.05, 0) is 31.1 Å². The van der Waals surface area contributed by atoms with Gasteiger partial charge in [0, 0.05) is 12.1 Å². The Hall–Kier alpha value is -1.35. The van der Waals surface area contributed by atoms with Gasteiger partial charge in [0.1, 0.15) is 5.75 Å². The van der Waals surface area contributed by atoms with Crippen LogP contribution in [0, 0.1) is 0 Å². The quantitative estimate of drug-likeness (QED) is 0.819. The normalized spacial score (nSPS) is 11.9. The average Bonchev–Trinajstić information content (AvgIpc) is 2.18. The Kier molecular flexibility index (Phi) is 3.94. The van der Waals surface area contributed by atoms with Crippen molar-refractivity contribution >= 4 is 6.29 Å². The lowest BCUT2D eigenvalue weighted by Crippen LogP contribution is -2.15. The van der Waals surface area contributed by atoms with E-state index in [1.165, 1.54) is 0 Å². The second-order valence-corrected chi connectivity index (χ2v) is 5.68. The van der Waals surface area contributed by atoms with Crippen molar-refractivity contribution in [1.82, 2.24) is 4.90 Å². The fourth-order valence-corrected chi connectivity index (χ4v) is 1.70. The van der Waals surface area contributed by atoms with E-state index in [4.69, 9.17) is 0 Å². The van der Waals surface area contributed by atoms with E-state index < -0.39 is 0 Å². The maximum Gasteiger partial charge on any atom is 0.153 e. The summed E-state index contributed by atoms with van der Waals surface area (Å²) in [5, 5.41) is 9.97. The maximum absolute atomic E-state index is 11.0. The number of hydrogen-bond acceptors (Lipinski definition) is 3. The molecule has 1 aromatic rings. The highest BCUT2D eigenvalue weighted by Gasteiger charge is 2.18. The molecule has 0 aliphatic rings. The van der Waals surface area contributed by atoms with Crippen LogP contribution in [0.5, 0.6) is 5.75 Å². The van der Waals surface area contributed by atoms with Crippen molar-refractivity contribution in [2.24, 2.45) is 0 Å². The van der Waals surface area contributed by atoms with Crippen LogP contribution >= 0.6 is 0 Å². The molecule has 1 rings (SSSR count). The summed E-state index contributed by atoms with van der Waals surface area (Å²) in [6.45, 7) is 6.89. The first kappa shape index (κ1) is 13.7. The smallest absolute Gasteiger partial charge is 0.153 e. The standard InChI is InChI=1S/C14H21NO2/c1-14(2,3)12-6-10(8-15(4)5)13(17)11(7-12)9-16/h6-7,9,17H,8H2,1-5H3. The predicted octanol–water partition coefficient (Wildman–Crippen LogP) is 2.56. The van der Waals surface area contributed by atoms with Crippen LogP contribution in [-0.2, 0) is 12.0 Å². The van der Waals surface area contributed by atoms with E-state index in [9.17, 15) is 9.90 Å². The van der Waals surface area contributed by atoms with Gasteiger partial charge in [-0.2, -0.15) is 0 Å². The Morgan fingerprint density at radius 2 is 1.88 bits per heavy atom. The van der Waals surface area contributed by atoms with Gasteiger partial charge in [0.15, 0.2) is 6.29 Å². The van der Waals surface area contributed by atoms with Gasteiger partial charge < -0.3 is 10.0 Å². The number of benzene rings is 1. The SMILES string of the molecule is CN(C)Cc1cc(C(C)(C)C)cc(C=O)c1O. The highest BCUT2D eigenvalue weighted by Crippen LogP contribution is 2.30. The van der Waals surface area contributed by atoms with Crippen LogP contribution in [0.15, 0.2) is 12.1 Å². The van der Waals surface area contributed by atoms with E-state index in [2.05, 4.69) is 20.8 Å². The number of rotatable bonds is 3. The minimum absolute atomic E-state index is 0.0352. The summed E-state index contributed by atoms with van der Waals surface area (Å²) in [6, 6.07) is 3.74. The molecular weight excluding hydrogens is 214 g/mol. The van der Waals surface area contributed by atoms with E-state index >= 15 is 0 Å². The third kappa shape index (κ3) is 3.30. The highest BCUT2D eigenvalue weighted by atomic mass is 16.3. The number of carbonyl (C=O) groups is 1. The first-order chi connectivity index (χ1) is 7.75. The van der Waals surface area contributed by atoms with Gasteiger partial charge in [0.25, 0.3) is 0 Å². The van der Waals surface area contributed by atoms with Crippen molar-refractivity contribution in [3.05, 3.63) is 28.8 Å². The van der Waals surface area contributed by atoms with Gasteiger partial charge in [0.05, 0.1) is 5.56 Å². The molecule has 0 aliphatic heterocycles. The number of hydrogen-bond donors (Lipinski definition) is 1. The zero-order valence-corrected chi connectivity index (χ0v) is 11.2. The molecule has 3 heteroatoms. The molecular formula is C14H21NO2. The van der Waals surface area contributed by atoms with Gasteiger partial charge in [0.2, 0.25) is 0 Å². The third-order valence-electron chi connectivity index (χ3n) is 2.70. The molecule has 0 saturated carbocycles. The lowest BCUT2D eigenvalue weighted by molar-refractivity contribution is 0.112. The van der Waals surface area contributed by atoms with Crippen molar-refractivity contribution in [1.29, 1.82) is 0 Å². The molecule has 17 heavy (non-hydrogen) atoms. The fraction of sp³-hybridized carbons (Fsp3) is 0.500. The molecule has 0 spiro atoms. The van der Waals surface area contributed by atoms with Crippen LogP contribution in [0.25, 0.3) is 0 Å². The molecule has 0 aromatic heterocycles. The summed E-state index contributed by atoms with van der Waals surface area (Å²) in [5.74, 6) is 0.0988. The van der Waals surface area contributed by atoms with E-state index in [0.29, 0.717) is 18.4 Å². The molecule has 0 aliphatic carbocycles. The molecule has 1 N–H and O–H groups in total. The molecule has 0 radical (unpaired) electrons. The fourth-order valence-electron chi connectivity index (χ4n) is 1.70. The minimum Gasteiger partial charge on any atom is -0.507 e. The van der Waals surface area contributed by atoms with Crippen LogP contribution in [-0.4, -0.2) is 30.4 Å². The second kappa shape index (κ2) is 4.88. The second-order valence-electron chi connectivity index (χ2n) is 5.68. The Labute approximate surface area is 103 Å². The topological polar surface area (TPSA) is 40.5 Å². The van der Waals surface area contributed by atoms with Gasteiger partial charge in [-0.1, -0.05) is 26.8 Å². The summed E-state index contributed by atoms with van der Waals surface area (Å²) < 4.78 is 0. The molecule has 1 aromatic carbocycles. The maximum atomic E-state index is 11.0. The van der Waals surface area contributed by atoms with Gasteiger partial charge in [-0.3, -0.25) is 4.79 Å². The number of aromatic hydroxyl groups is 1. The Bertz CT molecular complexity index is 417.